The largest absolute Gasteiger partial charge is 0.444 e. The summed E-state index contributed by atoms with van der Waals surface area (Å²) < 4.78 is 5.13. The highest BCUT2D eigenvalue weighted by Crippen LogP contribution is 2.10. The van der Waals surface area contributed by atoms with Crippen LogP contribution in [0.4, 0.5) is 4.79 Å². The van der Waals surface area contributed by atoms with Crippen molar-refractivity contribution >= 4 is 23.9 Å². The van der Waals surface area contributed by atoms with Crippen molar-refractivity contribution in [1.82, 2.24) is 15.7 Å². The molecule has 3 amide bonds. The van der Waals surface area contributed by atoms with Gasteiger partial charge in [-0.2, -0.15) is 0 Å². The van der Waals surface area contributed by atoms with Gasteiger partial charge in [-0.1, -0.05) is 11.6 Å². The molecular formula is C17H25N3O6. The number of nitrogens with zero attached hydrogens (tertiary/aromatic N) is 1. The van der Waals surface area contributed by atoms with E-state index in [4.69, 9.17) is 9.57 Å². The van der Waals surface area contributed by atoms with E-state index in [1.165, 1.54) is 0 Å². The third-order valence-electron chi connectivity index (χ3n) is 3.02. The van der Waals surface area contributed by atoms with Gasteiger partial charge < -0.3 is 20.2 Å². The molecule has 0 saturated heterocycles. The van der Waals surface area contributed by atoms with Gasteiger partial charge in [-0.05, 0) is 40.5 Å². The first-order valence-corrected chi connectivity index (χ1v) is 8.16. The summed E-state index contributed by atoms with van der Waals surface area (Å²) in [4.78, 5) is 52.1. The summed E-state index contributed by atoms with van der Waals surface area (Å²) in [5.41, 5.74) is 0.0220. The van der Waals surface area contributed by atoms with Crippen LogP contribution in [0.25, 0.3) is 0 Å². The molecular weight excluding hydrogens is 342 g/mol. The zero-order valence-electron chi connectivity index (χ0n) is 15.5. The predicted octanol–water partition coefficient (Wildman–Crippen LogP) is 1.17. The maximum atomic E-state index is 12.3. The molecule has 0 bridgehead atoms. The van der Waals surface area contributed by atoms with Gasteiger partial charge in [-0.3, -0.25) is 9.59 Å². The molecule has 0 unspecified atom stereocenters. The number of carbonyl (C=O) groups excluding carboxylic acids is 4. The van der Waals surface area contributed by atoms with E-state index in [0.29, 0.717) is 18.0 Å². The Hall–Kier alpha value is -2.84. The van der Waals surface area contributed by atoms with Gasteiger partial charge in [0.05, 0.1) is 0 Å². The minimum Gasteiger partial charge on any atom is -0.444 e. The van der Waals surface area contributed by atoms with Crippen LogP contribution in [0.1, 0.15) is 40.5 Å². The van der Waals surface area contributed by atoms with E-state index in [1.807, 2.05) is 0 Å². The van der Waals surface area contributed by atoms with Gasteiger partial charge >= 0.3 is 12.1 Å². The van der Waals surface area contributed by atoms with Crippen molar-refractivity contribution < 1.29 is 28.8 Å². The molecule has 0 aromatic rings. The first kappa shape index (κ1) is 21.2. The van der Waals surface area contributed by atoms with Crippen LogP contribution in [-0.4, -0.2) is 47.1 Å². The van der Waals surface area contributed by atoms with Crippen molar-refractivity contribution in [3.63, 3.8) is 0 Å². The lowest BCUT2D eigenvalue weighted by atomic mass is 10.1. The smallest absolute Gasteiger partial charge is 0.408 e. The number of allylic oxidation sites excluding steroid dienone is 1. The quantitative estimate of drug-likeness (QED) is 0.489. The van der Waals surface area contributed by atoms with Crippen LogP contribution in [0.3, 0.4) is 0 Å². The molecule has 1 atom stereocenters. The SMILES string of the molecule is C=C(C)NCCC[C@H](NC(=O)OC(C)(C)C)C(=O)ON1C(=O)C=CC1=O. The summed E-state index contributed by atoms with van der Waals surface area (Å²) in [7, 11) is 0. The first-order valence-electron chi connectivity index (χ1n) is 8.16. The van der Waals surface area contributed by atoms with Crippen LogP contribution in [0.5, 0.6) is 0 Å². The number of hydrogen-bond acceptors (Lipinski definition) is 7. The van der Waals surface area contributed by atoms with Crippen molar-refractivity contribution in [2.45, 2.75) is 52.2 Å². The predicted molar refractivity (Wildman–Crippen MR) is 92.3 cm³/mol. The van der Waals surface area contributed by atoms with Crippen molar-refractivity contribution in [2.75, 3.05) is 6.54 Å². The number of hydroxylamine groups is 2. The van der Waals surface area contributed by atoms with Crippen LogP contribution in [-0.2, 0) is 24.0 Å². The molecule has 1 aliphatic heterocycles. The Balaban J connectivity index is 2.70. The number of imide groups is 1. The number of carbonyl (C=O) groups is 4. The fourth-order valence-electron chi connectivity index (χ4n) is 1.94. The van der Waals surface area contributed by atoms with Crippen LogP contribution in [0.2, 0.25) is 0 Å². The Labute approximate surface area is 152 Å². The third-order valence-corrected chi connectivity index (χ3v) is 3.02. The van der Waals surface area contributed by atoms with Crippen molar-refractivity contribution in [2.24, 2.45) is 0 Å². The van der Waals surface area contributed by atoms with Gasteiger partial charge in [-0.15, -0.1) is 0 Å². The molecule has 0 aromatic carbocycles. The van der Waals surface area contributed by atoms with Crippen LogP contribution in [0.15, 0.2) is 24.4 Å². The lowest BCUT2D eigenvalue weighted by Crippen LogP contribution is -2.47. The second kappa shape index (κ2) is 9.02. The van der Waals surface area contributed by atoms with Crippen molar-refractivity contribution in [1.29, 1.82) is 0 Å². The monoisotopic (exact) mass is 367 g/mol. The number of hydrogen-bond donors (Lipinski definition) is 2. The van der Waals surface area contributed by atoms with E-state index in [2.05, 4.69) is 17.2 Å². The Kier molecular flexibility index (Phi) is 7.36. The molecule has 0 aromatic heterocycles. The number of rotatable bonds is 8. The van der Waals surface area contributed by atoms with Crippen LogP contribution in [0, 0.1) is 0 Å². The maximum absolute atomic E-state index is 12.3. The molecule has 9 nitrogen and oxygen atoms in total. The molecule has 2 N–H and O–H groups in total. The fourth-order valence-corrected chi connectivity index (χ4v) is 1.94. The van der Waals surface area contributed by atoms with E-state index in [-0.39, 0.29) is 6.42 Å². The highest BCUT2D eigenvalue weighted by molar-refractivity contribution is 6.12. The van der Waals surface area contributed by atoms with Gasteiger partial charge in [0.1, 0.15) is 11.6 Å². The molecule has 26 heavy (non-hydrogen) atoms. The molecule has 1 heterocycles. The second-order valence-electron chi connectivity index (χ2n) is 6.76. The molecule has 1 rings (SSSR count). The van der Waals surface area contributed by atoms with Crippen LogP contribution < -0.4 is 10.6 Å². The Morgan fingerprint density at radius 2 is 1.81 bits per heavy atom. The van der Waals surface area contributed by atoms with Gasteiger partial charge in [0, 0.05) is 24.4 Å². The number of amides is 3. The third kappa shape index (κ3) is 7.37. The molecule has 144 valence electrons. The van der Waals surface area contributed by atoms with E-state index < -0.39 is 35.5 Å². The minimum atomic E-state index is -1.09. The zero-order chi connectivity index (χ0) is 19.9. The lowest BCUT2D eigenvalue weighted by molar-refractivity contribution is -0.197. The maximum Gasteiger partial charge on any atom is 0.408 e. The topological polar surface area (TPSA) is 114 Å². The molecule has 9 heteroatoms. The first-order chi connectivity index (χ1) is 12.0. The molecule has 0 aliphatic carbocycles. The fraction of sp³-hybridized carbons (Fsp3) is 0.529. The highest BCUT2D eigenvalue weighted by Gasteiger charge is 2.32. The minimum absolute atomic E-state index is 0.210. The van der Waals surface area contributed by atoms with Gasteiger partial charge in [0.15, 0.2) is 0 Å². The molecule has 0 saturated carbocycles. The van der Waals surface area contributed by atoms with E-state index in [0.717, 1.165) is 17.8 Å². The normalized spacial score (nSPS) is 14.8. The second-order valence-corrected chi connectivity index (χ2v) is 6.76. The molecule has 0 fully saturated rings. The Morgan fingerprint density at radius 1 is 1.23 bits per heavy atom. The summed E-state index contributed by atoms with van der Waals surface area (Å²) in [5.74, 6) is -2.46. The summed E-state index contributed by atoms with van der Waals surface area (Å²) in [6.45, 7) is 11.1. The summed E-state index contributed by atoms with van der Waals surface area (Å²) in [6, 6.07) is -1.09. The summed E-state index contributed by atoms with van der Waals surface area (Å²) >= 11 is 0. The van der Waals surface area contributed by atoms with E-state index in [9.17, 15) is 19.2 Å². The molecule has 0 radical (unpaired) electrons. The average Bonchev–Trinajstić information content (AvgIpc) is 2.80. The molecule has 0 spiro atoms. The van der Waals surface area contributed by atoms with E-state index in [1.54, 1.807) is 27.7 Å². The number of ether oxygens (including phenoxy) is 1. The Bertz CT molecular complexity index is 602. The van der Waals surface area contributed by atoms with Gasteiger partial charge in [0.2, 0.25) is 0 Å². The lowest BCUT2D eigenvalue weighted by Gasteiger charge is -2.23. The van der Waals surface area contributed by atoms with Crippen molar-refractivity contribution in [3.8, 4) is 0 Å². The Morgan fingerprint density at radius 3 is 2.31 bits per heavy atom. The number of nitrogens with one attached hydrogen (secondary N) is 2. The zero-order valence-corrected chi connectivity index (χ0v) is 15.5. The average molecular weight is 367 g/mol. The standard InChI is InChI=1S/C17H25N3O6/c1-11(2)18-10-6-7-12(19-16(24)25-17(3,4)5)15(23)26-20-13(21)8-9-14(20)22/h8-9,12,18H,1,6-7,10H2,2-5H3,(H,19,24)/t12-/m0/s1. The van der Waals surface area contributed by atoms with Gasteiger partial charge in [0.25, 0.3) is 11.8 Å². The van der Waals surface area contributed by atoms with Crippen LogP contribution >= 0.6 is 0 Å². The summed E-state index contributed by atoms with van der Waals surface area (Å²) in [5, 5.41) is 5.75. The number of alkyl carbamates (subject to hydrolysis) is 1. The van der Waals surface area contributed by atoms with Crippen molar-refractivity contribution in [3.05, 3.63) is 24.4 Å². The van der Waals surface area contributed by atoms with Gasteiger partial charge in [-0.25, -0.2) is 9.59 Å². The van der Waals surface area contributed by atoms with E-state index >= 15 is 0 Å². The summed E-state index contributed by atoms with van der Waals surface area (Å²) in [6.07, 6.45) is 1.89. The molecule has 1 aliphatic rings. The highest BCUT2D eigenvalue weighted by atomic mass is 16.7.